The Kier molecular flexibility index (Phi) is 3.98. The van der Waals surface area contributed by atoms with E-state index in [0.717, 1.165) is 39.1 Å². The van der Waals surface area contributed by atoms with E-state index in [9.17, 15) is 5.11 Å². The summed E-state index contributed by atoms with van der Waals surface area (Å²) in [5, 5.41) is 9.26. The molecule has 3 nitrogen and oxygen atoms in total. The fourth-order valence-electron chi connectivity index (χ4n) is 1.61. The second-order valence-corrected chi connectivity index (χ2v) is 3.51. The number of aliphatic hydroxyl groups excluding tert-OH is 1. The maximum Gasteiger partial charge on any atom is 0.0489 e. The minimum atomic E-state index is 0.0776. The molecule has 1 fully saturated rings. The SMILES string of the molecule is COCCC1(CO)CCOCC1. The van der Waals surface area contributed by atoms with Gasteiger partial charge in [-0.05, 0) is 19.3 Å². The highest BCUT2D eigenvalue weighted by Gasteiger charge is 2.31. The van der Waals surface area contributed by atoms with Gasteiger partial charge in [0.15, 0.2) is 0 Å². The first-order valence-electron chi connectivity index (χ1n) is 4.50. The molecule has 0 radical (unpaired) electrons. The molecule has 0 aromatic rings. The third-order valence-corrected chi connectivity index (χ3v) is 2.73. The molecule has 0 aromatic carbocycles. The molecule has 0 spiro atoms. The van der Waals surface area contributed by atoms with Crippen molar-refractivity contribution in [2.24, 2.45) is 5.41 Å². The Hall–Kier alpha value is -0.120. The number of aliphatic hydroxyl groups is 1. The smallest absolute Gasteiger partial charge is 0.0489 e. The van der Waals surface area contributed by atoms with E-state index in [-0.39, 0.29) is 12.0 Å². The molecule has 3 heteroatoms. The summed E-state index contributed by atoms with van der Waals surface area (Å²) >= 11 is 0. The first-order chi connectivity index (χ1) is 5.83. The lowest BCUT2D eigenvalue weighted by molar-refractivity contribution is -0.0311. The minimum Gasteiger partial charge on any atom is -0.396 e. The van der Waals surface area contributed by atoms with E-state index in [2.05, 4.69) is 0 Å². The van der Waals surface area contributed by atoms with Crippen molar-refractivity contribution in [1.82, 2.24) is 0 Å². The Morgan fingerprint density at radius 1 is 1.42 bits per heavy atom. The van der Waals surface area contributed by atoms with Gasteiger partial charge in [0.2, 0.25) is 0 Å². The zero-order valence-corrected chi connectivity index (χ0v) is 7.71. The molecule has 0 aromatic heterocycles. The topological polar surface area (TPSA) is 38.7 Å². The Bertz CT molecular complexity index is 119. The molecule has 1 aliphatic heterocycles. The lowest BCUT2D eigenvalue weighted by Crippen LogP contribution is -2.34. The maximum absolute atomic E-state index is 9.26. The number of hydrogen-bond acceptors (Lipinski definition) is 3. The first-order valence-corrected chi connectivity index (χ1v) is 4.50. The van der Waals surface area contributed by atoms with Crippen LogP contribution in [0.4, 0.5) is 0 Å². The molecule has 0 atom stereocenters. The highest BCUT2D eigenvalue weighted by atomic mass is 16.5. The Balaban J connectivity index is 2.37. The number of hydrogen-bond donors (Lipinski definition) is 1. The lowest BCUT2D eigenvalue weighted by Gasteiger charge is -2.35. The molecule has 0 amide bonds. The standard InChI is InChI=1S/C9H18O3/c1-11-5-2-9(8-10)3-6-12-7-4-9/h10H,2-8H2,1H3. The van der Waals surface area contributed by atoms with Gasteiger partial charge < -0.3 is 14.6 Å². The summed E-state index contributed by atoms with van der Waals surface area (Å²) in [6, 6.07) is 0. The number of rotatable bonds is 4. The summed E-state index contributed by atoms with van der Waals surface area (Å²) in [7, 11) is 1.70. The Labute approximate surface area is 73.7 Å². The second kappa shape index (κ2) is 4.80. The van der Waals surface area contributed by atoms with Crippen molar-refractivity contribution in [2.45, 2.75) is 19.3 Å². The Morgan fingerprint density at radius 3 is 2.58 bits per heavy atom. The van der Waals surface area contributed by atoms with Crippen LogP contribution in [0.2, 0.25) is 0 Å². The predicted molar refractivity (Wildman–Crippen MR) is 46.1 cm³/mol. The summed E-state index contributed by atoms with van der Waals surface area (Å²) in [5.74, 6) is 0. The molecule has 1 saturated heterocycles. The third-order valence-electron chi connectivity index (χ3n) is 2.73. The average molecular weight is 174 g/mol. The van der Waals surface area contributed by atoms with Gasteiger partial charge in [-0.2, -0.15) is 0 Å². The van der Waals surface area contributed by atoms with E-state index < -0.39 is 0 Å². The summed E-state index contributed by atoms with van der Waals surface area (Å²) < 4.78 is 10.3. The molecular formula is C9H18O3. The number of ether oxygens (including phenoxy) is 2. The first kappa shape index (κ1) is 9.96. The fourth-order valence-corrected chi connectivity index (χ4v) is 1.61. The molecule has 1 rings (SSSR count). The molecule has 12 heavy (non-hydrogen) atoms. The van der Waals surface area contributed by atoms with Crippen LogP contribution in [0.15, 0.2) is 0 Å². The summed E-state index contributed by atoms with van der Waals surface area (Å²) in [6.07, 6.45) is 2.88. The van der Waals surface area contributed by atoms with E-state index in [1.807, 2.05) is 0 Å². The lowest BCUT2D eigenvalue weighted by atomic mass is 9.78. The van der Waals surface area contributed by atoms with Gasteiger partial charge in [-0.1, -0.05) is 0 Å². The second-order valence-electron chi connectivity index (χ2n) is 3.51. The normalized spacial score (nSPS) is 22.5. The van der Waals surface area contributed by atoms with Gasteiger partial charge >= 0.3 is 0 Å². The molecule has 0 aliphatic carbocycles. The summed E-state index contributed by atoms with van der Waals surface area (Å²) in [4.78, 5) is 0. The van der Waals surface area contributed by atoms with Crippen molar-refractivity contribution in [2.75, 3.05) is 33.5 Å². The van der Waals surface area contributed by atoms with Crippen molar-refractivity contribution in [3.63, 3.8) is 0 Å². The van der Waals surface area contributed by atoms with Crippen LogP contribution in [0.1, 0.15) is 19.3 Å². The van der Waals surface area contributed by atoms with Gasteiger partial charge in [-0.3, -0.25) is 0 Å². The monoisotopic (exact) mass is 174 g/mol. The van der Waals surface area contributed by atoms with Crippen molar-refractivity contribution < 1.29 is 14.6 Å². The zero-order valence-electron chi connectivity index (χ0n) is 7.71. The van der Waals surface area contributed by atoms with E-state index in [1.165, 1.54) is 0 Å². The van der Waals surface area contributed by atoms with Gasteiger partial charge in [-0.15, -0.1) is 0 Å². The van der Waals surface area contributed by atoms with Crippen LogP contribution >= 0.6 is 0 Å². The fraction of sp³-hybridized carbons (Fsp3) is 1.00. The molecule has 1 N–H and O–H groups in total. The van der Waals surface area contributed by atoms with E-state index in [4.69, 9.17) is 9.47 Å². The third kappa shape index (κ3) is 2.44. The molecule has 1 aliphatic rings. The Morgan fingerprint density at radius 2 is 2.08 bits per heavy atom. The van der Waals surface area contributed by atoms with Gasteiger partial charge in [0.05, 0.1) is 0 Å². The minimum absolute atomic E-state index is 0.0776. The van der Waals surface area contributed by atoms with Crippen molar-refractivity contribution in [3.05, 3.63) is 0 Å². The van der Waals surface area contributed by atoms with Crippen LogP contribution < -0.4 is 0 Å². The van der Waals surface area contributed by atoms with Crippen LogP contribution in [0.3, 0.4) is 0 Å². The van der Waals surface area contributed by atoms with Gasteiger partial charge in [-0.25, -0.2) is 0 Å². The maximum atomic E-state index is 9.26. The van der Waals surface area contributed by atoms with Crippen LogP contribution in [0.5, 0.6) is 0 Å². The van der Waals surface area contributed by atoms with Crippen LogP contribution in [-0.4, -0.2) is 38.6 Å². The van der Waals surface area contributed by atoms with E-state index in [0.29, 0.717) is 0 Å². The zero-order chi connectivity index (χ0) is 8.86. The molecule has 1 heterocycles. The van der Waals surface area contributed by atoms with E-state index in [1.54, 1.807) is 7.11 Å². The van der Waals surface area contributed by atoms with Gasteiger partial charge in [0.25, 0.3) is 0 Å². The molecule has 0 bridgehead atoms. The van der Waals surface area contributed by atoms with Crippen LogP contribution in [0, 0.1) is 5.41 Å². The van der Waals surface area contributed by atoms with Gasteiger partial charge in [0.1, 0.15) is 0 Å². The van der Waals surface area contributed by atoms with Crippen molar-refractivity contribution >= 4 is 0 Å². The average Bonchev–Trinajstić information content (AvgIpc) is 2.16. The summed E-state index contributed by atoms with van der Waals surface area (Å²) in [6.45, 7) is 2.56. The van der Waals surface area contributed by atoms with E-state index >= 15 is 0 Å². The molecule has 72 valence electrons. The largest absolute Gasteiger partial charge is 0.396 e. The number of methoxy groups -OCH3 is 1. The highest BCUT2D eigenvalue weighted by Crippen LogP contribution is 2.33. The van der Waals surface area contributed by atoms with Crippen LogP contribution in [-0.2, 0) is 9.47 Å². The quantitative estimate of drug-likeness (QED) is 0.685. The molecule has 0 saturated carbocycles. The summed E-state index contributed by atoms with van der Waals surface area (Å²) in [5.41, 5.74) is 0.0776. The van der Waals surface area contributed by atoms with Gasteiger partial charge in [0, 0.05) is 39.0 Å². The van der Waals surface area contributed by atoms with Crippen LogP contribution in [0.25, 0.3) is 0 Å². The molecular weight excluding hydrogens is 156 g/mol. The highest BCUT2D eigenvalue weighted by molar-refractivity contribution is 4.80. The predicted octanol–water partition coefficient (Wildman–Crippen LogP) is 0.812. The van der Waals surface area contributed by atoms with Crippen molar-refractivity contribution in [1.29, 1.82) is 0 Å². The molecule has 0 unspecified atom stereocenters. The van der Waals surface area contributed by atoms with Crippen molar-refractivity contribution in [3.8, 4) is 0 Å².